The number of hydrogen-bond donors (Lipinski definition) is 0. The van der Waals surface area contributed by atoms with E-state index >= 15 is 0 Å². The SMILES string of the molecule is C.[H-].[H-].[H-].[Na+].[Na+].[Na+]. The van der Waals surface area contributed by atoms with E-state index < -0.39 is 0 Å². The fourth-order valence-corrected chi connectivity index (χ4v) is 0. The van der Waals surface area contributed by atoms with Gasteiger partial charge >= 0.3 is 88.7 Å². The van der Waals surface area contributed by atoms with Crippen LogP contribution in [-0.4, -0.2) is 0 Å². The van der Waals surface area contributed by atoms with E-state index in [1.165, 1.54) is 0 Å². The van der Waals surface area contributed by atoms with Crippen LogP contribution in [0.2, 0.25) is 0 Å². The molecular formula is CH7Na3. The van der Waals surface area contributed by atoms with E-state index in [2.05, 4.69) is 0 Å². The van der Waals surface area contributed by atoms with Crippen LogP contribution >= 0.6 is 0 Å². The van der Waals surface area contributed by atoms with Crippen molar-refractivity contribution in [1.82, 2.24) is 0 Å². The van der Waals surface area contributed by atoms with E-state index in [1.807, 2.05) is 0 Å². The summed E-state index contributed by atoms with van der Waals surface area (Å²) in [4.78, 5) is 0. The first-order valence-corrected chi connectivity index (χ1v) is 0. The Balaban J connectivity index is 0. The van der Waals surface area contributed by atoms with Crippen molar-refractivity contribution in [3.05, 3.63) is 0 Å². The van der Waals surface area contributed by atoms with Gasteiger partial charge in [-0.05, 0) is 0 Å². The second kappa shape index (κ2) is 16.7. The van der Waals surface area contributed by atoms with Gasteiger partial charge in [-0.3, -0.25) is 0 Å². The molecule has 0 unspecified atom stereocenters. The van der Waals surface area contributed by atoms with Gasteiger partial charge in [-0.15, -0.1) is 0 Å². The van der Waals surface area contributed by atoms with Gasteiger partial charge in [-0.1, -0.05) is 7.43 Å². The number of hydrogen-bond acceptors (Lipinski definition) is 0. The van der Waals surface area contributed by atoms with Crippen molar-refractivity contribution in [2.75, 3.05) is 0 Å². The Kier molecular flexibility index (Phi) is 117. The summed E-state index contributed by atoms with van der Waals surface area (Å²) in [5.41, 5.74) is 0. The van der Waals surface area contributed by atoms with E-state index in [-0.39, 0.29) is 100 Å². The summed E-state index contributed by atoms with van der Waals surface area (Å²) in [6.07, 6.45) is 0. The van der Waals surface area contributed by atoms with Crippen LogP contribution in [0.4, 0.5) is 0 Å². The van der Waals surface area contributed by atoms with Crippen LogP contribution in [-0.2, 0) is 0 Å². The van der Waals surface area contributed by atoms with Gasteiger partial charge in [0.05, 0.1) is 0 Å². The third-order valence-electron chi connectivity index (χ3n) is 0. The van der Waals surface area contributed by atoms with Crippen LogP contribution in [0.3, 0.4) is 0 Å². The van der Waals surface area contributed by atoms with Gasteiger partial charge in [-0.2, -0.15) is 0 Å². The summed E-state index contributed by atoms with van der Waals surface area (Å²) >= 11 is 0. The summed E-state index contributed by atoms with van der Waals surface area (Å²) in [5.74, 6) is 0. The molecule has 0 aliphatic heterocycles. The molecule has 0 saturated carbocycles. The molecule has 0 rings (SSSR count). The topological polar surface area (TPSA) is 0 Å². The quantitative estimate of drug-likeness (QED) is 0.258. The monoisotopic (exact) mass is 88.0 g/mol. The zero-order valence-corrected chi connectivity index (χ0v) is 9.00. The van der Waals surface area contributed by atoms with Crippen LogP contribution in [0.25, 0.3) is 0 Å². The Bertz CT molecular complexity index is 10.1. The van der Waals surface area contributed by atoms with Crippen LogP contribution in [0.5, 0.6) is 0 Å². The molecular weight excluding hydrogens is 81.0 g/mol. The van der Waals surface area contributed by atoms with Crippen LogP contribution in [0.15, 0.2) is 0 Å². The first kappa shape index (κ1) is 28.0. The molecule has 14 valence electrons. The van der Waals surface area contributed by atoms with Crippen LogP contribution < -0.4 is 88.7 Å². The minimum absolute atomic E-state index is 0. The van der Waals surface area contributed by atoms with E-state index in [1.54, 1.807) is 0 Å². The zero-order valence-electron chi connectivity index (χ0n) is 6.00. The van der Waals surface area contributed by atoms with Gasteiger partial charge in [-0.25, -0.2) is 0 Å². The normalized spacial score (nSPS) is 0. The number of rotatable bonds is 0. The molecule has 0 aliphatic rings. The Hall–Kier alpha value is 3.00. The van der Waals surface area contributed by atoms with E-state index in [9.17, 15) is 0 Å². The predicted octanol–water partition coefficient (Wildman–Crippen LogP) is -8.01. The smallest absolute Gasteiger partial charge is 1.00 e. The molecule has 0 radical (unpaired) electrons. The molecule has 0 nitrogen and oxygen atoms in total. The molecule has 0 fully saturated rings. The van der Waals surface area contributed by atoms with Crippen molar-refractivity contribution in [3.63, 3.8) is 0 Å². The minimum atomic E-state index is 0. The Labute approximate surface area is 98.4 Å². The second-order valence-corrected chi connectivity index (χ2v) is 0. The summed E-state index contributed by atoms with van der Waals surface area (Å²) in [6, 6.07) is 0. The molecule has 0 aromatic heterocycles. The van der Waals surface area contributed by atoms with Gasteiger partial charge in [0.2, 0.25) is 0 Å². The van der Waals surface area contributed by atoms with Gasteiger partial charge in [0, 0.05) is 0 Å². The maximum Gasteiger partial charge on any atom is 1.00 e. The van der Waals surface area contributed by atoms with Crippen molar-refractivity contribution >= 4 is 0 Å². The molecule has 0 aromatic rings. The van der Waals surface area contributed by atoms with Crippen molar-refractivity contribution in [2.45, 2.75) is 7.43 Å². The van der Waals surface area contributed by atoms with Crippen molar-refractivity contribution in [3.8, 4) is 0 Å². The van der Waals surface area contributed by atoms with Gasteiger partial charge in [0.15, 0.2) is 0 Å². The fraction of sp³-hybridized carbons (Fsp3) is 1.00. The molecule has 0 heterocycles. The molecule has 3 heteroatoms. The molecule has 4 heavy (non-hydrogen) atoms. The Morgan fingerprint density at radius 1 is 0.750 bits per heavy atom. The minimum Gasteiger partial charge on any atom is -1.00 e. The van der Waals surface area contributed by atoms with Crippen LogP contribution in [0, 0.1) is 0 Å². The fourth-order valence-electron chi connectivity index (χ4n) is 0. The van der Waals surface area contributed by atoms with E-state index in [4.69, 9.17) is 0 Å². The second-order valence-electron chi connectivity index (χ2n) is 0. The molecule has 0 bridgehead atoms. The summed E-state index contributed by atoms with van der Waals surface area (Å²) in [6.45, 7) is 0. The van der Waals surface area contributed by atoms with Crippen molar-refractivity contribution < 1.29 is 93.0 Å². The zero-order chi connectivity index (χ0) is 0. The van der Waals surface area contributed by atoms with Gasteiger partial charge in [0.25, 0.3) is 0 Å². The average molecular weight is 88.0 g/mol. The van der Waals surface area contributed by atoms with Crippen molar-refractivity contribution in [2.24, 2.45) is 0 Å². The largest absolute Gasteiger partial charge is 1.00 e. The third-order valence-corrected chi connectivity index (χ3v) is 0. The molecule has 0 N–H and O–H groups in total. The Morgan fingerprint density at radius 3 is 0.750 bits per heavy atom. The first-order chi connectivity index (χ1) is 0. The maximum atomic E-state index is 0. The molecule has 0 aromatic carbocycles. The predicted molar refractivity (Wildman–Crippen MR) is 10.1 cm³/mol. The third kappa shape index (κ3) is 8.89. The molecule has 0 aliphatic carbocycles. The maximum absolute atomic E-state index is 0. The van der Waals surface area contributed by atoms with Gasteiger partial charge in [0.1, 0.15) is 0 Å². The Morgan fingerprint density at radius 2 is 0.750 bits per heavy atom. The first-order valence-electron chi connectivity index (χ1n) is 0. The molecule has 0 atom stereocenters. The molecule has 0 spiro atoms. The van der Waals surface area contributed by atoms with Crippen LogP contribution in [0.1, 0.15) is 11.7 Å². The molecule has 0 amide bonds. The standard InChI is InChI=1S/CH4.3Na.3H/h1H4;;;;;;/q;3*+1;3*-1. The van der Waals surface area contributed by atoms with E-state index in [0.717, 1.165) is 0 Å². The summed E-state index contributed by atoms with van der Waals surface area (Å²) in [7, 11) is 0. The van der Waals surface area contributed by atoms with Crippen molar-refractivity contribution in [1.29, 1.82) is 0 Å². The summed E-state index contributed by atoms with van der Waals surface area (Å²) < 4.78 is 0. The van der Waals surface area contributed by atoms with E-state index in [0.29, 0.717) is 0 Å². The summed E-state index contributed by atoms with van der Waals surface area (Å²) in [5, 5.41) is 0. The molecule has 0 saturated heterocycles. The van der Waals surface area contributed by atoms with Gasteiger partial charge < -0.3 is 4.28 Å². The average Bonchev–Trinajstić information content (AvgIpc) is 0.